The fourth-order valence-electron chi connectivity index (χ4n) is 4.03. The van der Waals surface area contributed by atoms with Gasteiger partial charge in [0.2, 0.25) is 0 Å². The zero-order valence-electron chi connectivity index (χ0n) is 17.5. The number of amides is 1. The van der Waals surface area contributed by atoms with Gasteiger partial charge in [-0.15, -0.1) is 0 Å². The van der Waals surface area contributed by atoms with Gasteiger partial charge in [-0.25, -0.2) is 0 Å². The second-order valence-corrected chi connectivity index (χ2v) is 8.32. The summed E-state index contributed by atoms with van der Waals surface area (Å²) >= 11 is 5.97. The number of halogens is 1. The number of carbonyl (C=O) groups excluding carboxylic acids is 1. The molecule has 0 spiro atoms. The minimum Gasteiger partial charge on any atom is -0.336 e. The molecule has 30 heavy (non-hydrogen) atoms. The first kappa shape index (κ1) is 20.6. The van der Waals surface area contributed by atoms with Gasteiger partial charge in [0.15, 0.2) is 0 Å². The van der Waals surface area contributed by atoms with Crippen LogP contribution in [0, 0.1) is 13.8 Å². The standard InChI is InChI=1S/C24H27ClN4O/c1-18-23(19(2)29(26-18)17-20-6-4-3-5-7-20)24(30)28-14-12-27(13-15-28)16-21-8-10-22(25)11-9-21/h3-11H,12-17H2,1-2H3. The Balaban J connectivity index is 1.40. The molecule has 0 radical (unpaired) electrons. The molecule has 3 aromatic rings. The van der Waals surface area contributed by atoms with Crippen molar-refractivity contribution in [1.82, 2.24) is 19.6 Å². The smallest absolute Gasteiger partial charge is 0.257 e. The monoisotopic (exact) mass is 422 g/mol. The zero-order chi connectivity index (χ0) is 21.1. The predicted octanol–water partition coefficient (Wildman–Crippen LogP) is 4.16. The van der Waals surface area contributed by atoms with Crippen molar-refractivity contribution in [2.75, 3.05) is 26.2 Å². The first-order valence-electron chi connectivity index (χ1n) is 10.4. The Kier molecular flexibility index (Phi) is 6.21. The summed E-state index contributed by atoms with van der Waals surface area (Å²) < 4.78 is 1.94. The van der Waals surface area contributed by atoms with Crippen molar-refractivity contribution >= 4 is 17.5 Å². The second kappa shape index (κ2) is 9.02. The Bertz CT molecular complexity index is 1010. The average Bonchev–Trinajstić information content (AvgIpc) is 3.03. The minimum absolute atomic E-state index is 0.0930. The van der Waals surface area contributed by atoms with Crippen molar-refractivity contribution in [3.8, 4) is 0 Å². The van der Waals surface area contributed by atoms with E-state index in [1.54, 1.807) is 0 Å². The summed E-state index contributed by atoms with van der Waals surface area (Å²) in [5, 5.41) is 5.40. The highest BCUT2D eigenvalue weighted by Crippen LogP contribution is 2.19. The first-order chi connectivity index (χ1) is 14.5. The van der Waals surface area contributed by atoms with E-state index in [1.165, 1.54) is 11.1 Å². The van der Waals surface area contributed by atoms with Crippen LogP contribution in [-0.4, -0.2) is 51.7 Å². The Morgan fingerprint density at radius 1 is 0.900 bits per heavy atom. The largest absolute Gasteiger partial charge is 0.336 e. The third-order valence-corrected chi connectivity index (χ3v) is 6.00. The van der Waals surface area contributed by atoms with E-state index < -0.39 is 0 Å². The lowest BCUT2D eigenvalue weighted by Gasteiger charge is -2.34. The summed E-state index contributed by atoms with van der Waals surface area (Å²) in [5.74, 6) is 0.0930. The molecule has 1 aliphatic heterocycles. The Morgan fingerprint density at radius 3 is 2.20 bits per heavy atom. The molecule has 0 unspecified atom stereocenters. The van der Waals surface area contributed by atoms with E-state index in [1.807, 2.05) is 53.8 Å². The number of hydrogen-bond acceptors (Lipinski definition) is 3. The summed E-state index contributed by atoms with van der Waals surface area (Å²) in [6.07, 6.45) is 0. The molecule has 1 aromatic heterocycles. The summed E-state index contributed by atoms with van der Waals surface area (Å²) in [4.78, 5) is 17.6. The van der Waals surface area contributed by atoms with Gasteiger partial charge >= 0.3 is 0 Å². The normalized spacial score (nSPS) is 14.8. The van der Waals surface area contributed by atoms with Gasteiger partial charge < -0.3 is 4.90 Å². The number of aromatic nitrogens is 2. The lowest BCUT2D eigenvalue weighted by atomic mass is 10.1. The van der Waals surface area contributed by atoms with Crippen LogP contribution in [0.3, 0.4) is 0 Å². The van der Waals surface area contributed by atoms with Gasteiger partial charge in [0.05, 0.1) is 17.8 Å². The van der Waals surface area contributed by atoms with Crippen LogP contribution in [0.25, 0.3) is 0 Å². The van der Waals surface area contributed by atoms with E-state index >= 15 is 0 Å². The van der Waals surface area contributed by atoms with Gasteiger partial charge in [0, 0.05) is 43.4 Å². The van der Waals surface area contributed by atoms with Crippen LogP contribution >= 0.6 is 11.6 Å². The topological polar surface area (TPSA) is 41.4 Å². The van der Waals surface area contributed by atoms with Crippen molar-refractivity contribution in [3.05, 3.63) is 87.7 Å². The van der Waals surface area contributed by atoms with E-state index in [-0.39, 0.29) is 5.91 Å². The van der Waals surface area contributed by atoms with Gasteiger partial charge in [0.25, 0.3) is 5.91 Å². The predicted molar refractivity (Wildman–Crippen MR) is 120 cm³/mol. The average molecular weight is 423 g/mol. The second-order valence-electron chi connectivity index (χ2n) is 7.88. The number of rotatable bonds is 5. The number of carbonyl (C=O) groups is 1. The van der Waals surface area contributed by atoms with Crippen molar-refractivity contribution in [3.63, 3.8) is 0 Å². The molecule has 0 bridgehead atoms. The highest BCUT2D eigenvalue weighted by atomic mass is 35.5. The SMILES string of the molecule is Cc1nn(Cc2ccccc2)c(C)c1C(=O)N1CCN(Cc2ccc(Cl)cc2)CC1. The molecule has 4 rings (SSSR count). The molecule has 1 aliphatic rings. The van der Waals surface area contributed by atoms with Gasteiger partial charge in [-0.05, 0) is 37.1 Å². The molecule has 6 heteroatoms. The Morgan fingerprint density at radius 2 is 1.53 bits per heavy atom. The van der Waals surface area contributed by atoms with Gasteiger partial charge in [-0.3, -0.25) is 14.4 Å². The summed E-state index contributed by atoms with van der Waals surface area (Å²) in [5.41, 5.74) is 4.91. The third-order valence-electron chi connectivity index (χ3n) is 5.75. The van der Waals surface area contributed by atoms with Crippen LogP contribution in [0.5, 0.6) is 0 Å². The maximum Gasteiger partial charge on any atom is 0.257 e. The van der Waals surface area contributed by atoms with E-state index in [0.717, 1.165) is 54.7 Å². The number of hydrogen-bond donors (Lipinski definition) is 0. The van der Waals surface area contributed by atoms with Crippen LogP contribution < -0.4 is 0 Å². The third kappa shape index (κ3) is 4.58. The quantitative estimate of drug-likeness (QED) is 0.620. The Hall–Kier alpha value is -2.63. The molecule has 0 aliphatic carbocycles. The number of aryl methyl sites for hydroxylation is 1. The molecular formula is C24H27ClN4O. The molecule has 0 N–H and O–H groups in total. The number of nitrogens with zero attached hydrogens (tertiary/aromatic N) is 4. The maximum absolute atomic E-state index is 13.2. The molecule has 1 saturated heterocycles. The van der Waals surface area contributed by atoms with Crippen LogP contribution in [0.15, 0.2) is 54.6 Å². The van der Waals surface area contributed by atoms with E-state index in [0.29, 0.717) is 6.54 Å². The summed E-state index contributed by atoms with van der Waals surface area (Å²) in [6.45, 7) is 8.67. The van der Waals surface area contributed by atoms with Gasteiger partial charge in [-0.2, -0.15) is 5.10 Å². The van der Waals surface area contributed by atoms with E-state index in [9.17, 15) is 4.79 Å². The lowest BCUT2D eigenvalue weighted by Crippen LogP contribution is -2.48. The number of piperazine rings is 1. The zero-order valence-corrected chi connectivity index (χ0v) is 18.3. The van der Waals surface area contributed by atoms with E-state index in [2.05, 4.69) is 34.3 Å². The molecule has 156 valence electrons. The van der Waals surface area contributed by atoms with Crippen molar-refractivity contribution < 1.29 is 4.79 Å². The number of benzene rings is 2. The highest BCUT2D eigenvalue weighted by molar-refractivity contribution is 6.30. The fraction of sp³-hybridized carbons (Fsp3) is 0.333. The van der Waals surface area contributed by atoms with Crippen molar-refractivity contribution in [1.29, 1.82) is 0 Å². The molecule has 1 fully saturated rings. The van der Waals surface area contributed by atoms with Crippen LogP contribution in [0.1, 0.15) is 32.9 Å². The van der Waals surface area contributed by atoms with Crippen LogP contribution in [0.4, 0.5) is 0 Å². The van der Waals surface area contributed by atoms with Crippen LogP contribution in [0.2, 0.25) is 5.02 Å². The van der Waals surface area contributed by atoms with Gasteiger partial charge in [0.1, 0.15) is 0 Å². The van der Waals surface area contributed by atoms with Crippen LogP contribution in [-0.2, 0) is 13.1 Å². The minimum atomic E-state index is 0.0930. The van der Waals surface area contributed by atoms with Crippen molar-refractivity contribution in [2.24, 2.45) is 0 Å². The summed E-state index contributed by atoms with van der Waals surface area (Å²) in [6, 6.07) is 18.2. The molecule has 0 saturated carbocycles. The molecule has 0 atom stereocenters. The fourth-order valence-corrected chi connectivity index (χ4v) is 4.16. The first-order valence-corrected chi connectivity index (χ1v) is 10.7. The molecular weight excluding hydrogens is 396 g/mol. The Labute approximate surface area is 182 Å². The molecule has 5 nitrogen and oxygen atoms in total. The maximum atomic E-state index is 13.2. The van der Waals surface area contributed by atoms with Crippen molar-refractivity contribution in [2.45, 2.75) is 26.9 Å². The lowest BCUT2D eigenvalue weighted by molar-refractivity contribution is 0.0627. The van der Waals surface area contributed by atoms with Gasteiger partial charge in [-0.1, -0.05) is 54.1 Å². The summed E-state index contributed by atoms with van der Waals surface area (Å²) in [7, 11) is 0. The molecule has 2 aromatic carbocycles. The molecule has 2 heterocycles. The molecule has 1 amide bonds. The highest BCUT2D eigenvalue weighted by Gasteiger charge is 2.27. The van der Waals surface area contributed by atoms with E-state index in [4.69, 9.17) is 11.6 Å².